The fourth-order valence-electron chi connectivity index (χ4n) is 5.99. The smallest absolute Gasteiger partial charge is 0.336 e. The van der Waals surface area contributed by atoms with Crippen LogP contribution in [-0.2, 0) is 20.7 Å². The standard InChI is InChI=1S/C32H32FN7O6/c1-2-34-32(44)39-29-26-30(37-16-36-29)40(17-38-26)23-13-19(15-35-24(41)14-21-20(31(42)43)9-6-10-22(21)33)27-28(23)46-25(45-27)12-11-18-7-4-3-5-8-18/h3-12,16-17,19,23,25,27-28H,2,13-15H2,1H3,(H,35,41)(H,42,43)(H2,34,36,37,39,44)/t19?,23?,25-,27?,28?/m0/s1. The van der Waals surface area contributed by atoms with E-state index in [1.165, 1.54) is 18.5 Å². The molecule has 1 aliphatic carbocycles. The van der Waals surface area contributed by atoms with E-state index in [0.717, 1.165) is 11.6 Å². The third-order valence-electron chi connectivity index (χ3n) is 8.07. The van der Waals surface area contributed by atoms with Crippen LogP contribution in [0.15, 0.2) is 67.3 Å². The molecule has 2 fully saturated rings. The molecular formula is C32H32FN7O6. The molecule has 0 radical (unpaired) electrons. The maximum Gasteiger partial charge on any atom is 0.336 e. The molecule has 14 heteroatoms. The van der Waals surface area contributed by atoms with Crippen molar-refractivity contribution in [2.75, 3.05) is 18.4 Å². The molecular weight excluding hydrogens is 597 g/mol. The molecule has 4 aromatic rings. The molecule has 6 rings (SSSR count). The number of rotatable bonds is 10. The molecule has 2 aromatic heterocycles. The molecule has 46 heavy (non-hydrogen) atoms. The van der Waals surface area contributed by atoms with E-state index >= 15 is 0 Å². The monoisotopic (exact) mass is 629 g/mol. The molecule has 0 bridgehead atoms. The highest BCUT2D eigenvalue weighted by Crippen LogP contribution is 2.45. The van der Waals surface area contributed by atoms with Gasteiger partial charge in [0.15, 0.2) is 23.3 Å². The van der Waals surface area contributed by atoms with Gasteiger partial charge in [-0.15, -0.1) is 0 Å². The van der Waals surface area contributed by atoms with Crippen molar-refractivity contribution in [2.24, 2.45) is 5.92 Å². The number of aromatic nitrogens is 4. The van der Waals surface area contributed by atoms with Gasteiger partial charge in [0, 0.05) is 24.6 Å². The molecule has 1 saturated heterocycles. The first kappa shape index (κ1) is 30.8. The van der Waals surface area contributed by atoms with E-state index in [4.69, 9.17) is 9.47 Å². The number of hydrogen-bond acceptors (Lipinski definition) is 8. The van der Waals surface area contributed by atoms with Crippen LogP contribution in [0.5, 0.6) is 0 Å². The van der Waals surface area contributed by atoms with Crippen LogP contribution in [0.1, 0.15) is 40.9 Å². The van der Waals surface area contributed by atoms with Crippen LogP contribution in [0.25, 0.3) is 17.2 Å². The van der Waals surface area contributed by atoms with Gasteiger partial charge in [-0.25, -0.2) is 28.9 Å². The minimum Gasteiger partial charge on any atom is -0.478 e. The van der Waals surface area contributed by atoms with Crippen LogP contribution in [0.4, 0.5) is 15.0 Å². The molecule has 1 aliphatic heterocycles. The molecule has 13 nitrogen and oxygen atoms in total. The van der Waals surface area contributed by atoms with Crippen molar-refractivity contribution in [3.63, 3.8) is 0 Å². The van der Waals surface area contributed by atoms with E-state index in [0.29, 0.717) is 24.1 Å². The summed E-state index contributed by atoms with van der Waals surface area (Å²) in [5, 5.41) is 17.7. The first-order valence-electron chi connectivity index (χ1n) is 14.9. The third-order valence-corrected chi connectivity index (χ3v) is 8.07. The van der Waals surface area contributed by atoms with Gasteiger partial charge in [0.2, 0.25) is 5.91 Å². The summed E-state index contributed by atoms with van der Waals surface area (Å²) in [6, 6.07) is 12.7. The molecule has 0 spiro atoms. The van der Waals surface area contributed by atoms with E-state index in [1.54, 1.807) is 13.3 Å². The van der Waals surface area contributed by atoms with E-state index < -0.39 is 48.6 Å². The summed E-state index contributed by atoms with van der Waals surface area (Å²) >= 11 is 0. The summed E-state index contributed by atoms with van der Waals surface area (Å²) in [6.45, 7) is 2.42. The number of nitrogens with one attached hydrogen (secondary N) is 3. The average molecular weight is 630 g/mol. The number of carboxylic acids is 1. The van der Waals surface area contributed by atoms with E-state index in [-0.39, 0.29) is 35.4 Å². The number of anilines is 1. The number of nitrogens with zero attached hydrogens (tertiary/aromatic N) is 4. The van der Waals surface area contributed by atoms with Gasteiger partial charge in [-0.2, -0.15) is 0 Å². The highest BCUT2D eigenvalue weighted by molar-refractivity contribution is 5.96. The molecule has 2 aromatic carbocycles. The SMILES string of the molecule is CCNC(=O)Nc1ncnc2c1ncn2C1CC(CNC(=O)Cc2c(F)cccc2C(=O)O)C2O[C@H](C=Cc3ccccc3)OC21. The maximum absolute atomic E-state index is 14.5. The molecule has 5 atom stereocenters. The normalized spacial score (nSPS) is 22.2. The second-order valence-corrected chi connectivity index (χ2v) is 11.0. The van der Waals surface area contributed by atoms with Gasteiger partial charge in [0.05, 0.1) is 30.5 Å². The number of fused-ring (bicyclic) bond motifs is 2. The fourth-order valence-corrected chi connectivity index (χ4v) is 5.99. The Morgan fingerprint density at radius 1 is 1.04 bits per heavy atom. The zero-order valence-corrected chi connectivity index (χ0v) is 24.8. The van der Waals surface area contributed by atoms with Crippen LogP contribution in [0.2, 0.25) is 0 Å². The predicted molar refractivity (Wildman–Crippen MR) is 164 cm³/mol. The number of carbonyl (C=O) groups is 3. The number of urea groups is 1. The van der Waals surface area contributed by atoms with Gasteiger partial charge in [0.1, 0.15) is 18.2 Å². The Morgan fingerprint density at radius 3 is 2.63 bits per heavy atom. The summed E-state index contributed by atoms with van der Waals surface area (Å²) in [7, 11) is 0. The lowest BCUT2D eigenvalue weighted by Gasteiger charge is -2.20. The van der Waals surface area contributed by atoms with Crippen molar-refractivity contribution in [2.45, 2.75) is 44.3 Å². The molecule has 4 unspecified atom stereocenters. The Morgan fingerprint density at radius 2 is 1.85 bits per heavy atom. The zero-order chi connectivity index (χ0) is 32.2. The number of imidazole rings is 1. The van der Waals surface area contributed by atoms with Crippen molar-refractivity contribution in [1.82, 2.24) is 30.2 Å². The van der Waals surface area contributed by atoms with Gasteiger partial charge in [-0.3, -0.25) is 10.1 Å². The number of hydrogen-bond donors (Lipinski definition) is 4. The van der Waals surface area contributed by atoms with Crippen LogP contribution in [0.3, 0.4) is 0 Å². The number of ether oxygens (including phenoxy) is 2. The number of aromatic carboxylic acids is 1. The lowest BCUT2D eigenvalue weighted by atomic mass is 10.0. The minimum absolute atomic E-state index is 0.178. The fraction of sp³-hybridized carbons (Fsp3) is 0.312. The summed E-state index contributed by atoms with van der Waals surface area (Å²) in [5.41, 5.74) is 1.43. The van der Waals surface area contributed by atoms with Crippen molar-refractivity contribution >= 4 is 41.0 Å². The topological polar surface area (TPSA) is 170 Å². The highest BCUT2D eigenvalue weighted by atomic mass is 19.1. The summed E-state index contributed by atoms with van der Waals surface area (Å²) in [4.78, 5) is 49.8. The molecule has 4 N–H and O–H groups in total. The summed E-state index contributed by atoms with van der Waals surface area (Å²) < 4.78 is 29.1. The van der Waals surface area contributed by atoms with Crippen molar-refractivity contribution < 1.29 is 33.4 Å². The Hall–Kier alpha value is -5.21. The van der Waals surface area contributed by atoms with E-state index in [1.807, 2.05) is 47.1 Å². The Labute approximate surface area is 262 Å². The van der Waals surface area contributed by atoms with Gasteiger partial charge >= 0.3 is 12.0 Å². The number of carboxylic acid groups (broad SMARTS) is 1. The van der Waals surface area contributed by atoms with Crippen molar-refractivity contribution in [1.29, 1.82) is 0 Å². The first-order valence-corrected chi connectivity index (χ1v) is 14.9. The Balaban J connectivity index is 1.23. The average Bonchev–Trinajstić information content (AvgIpc) is 3.75. The second-order valence-electron chi connectivity index (χ2n) is 11.0. The number of benzene rings is 2. The van der Waals surface area contributed by atoms with Gasteiger partial charge in [-0.05, 0) is 37.1 Å². The van der Waals surface area contributed by atoms with E-state index in [2.05, 4.69) is 30.9 Å². The number of halogens is 1. The zero-order valence-electron chi connectivity index (χ0n) is 24.8. The summed E-state index contributed by atoms with van der Waals surface area (Å²) in [5.74, 6) is -2.55. The molecule has 3 heterocycles. The molecule has 2 aliphatic rings. The predicted octanol–water partition coefficient (Wildman–Crippen LogP) is 3.55. The van der Waals surface area contributed by atoms with Crippen LogP contribution in [-0.4, -0.2) is 74.1 Å². The third kappa shape index (κ3) is 6.43. The van der Waals surface area contributed by atoms with Gasteiger partial charge in [0.25, 0.3) is 0 Å². The second kappa shape index (κ2) is 13.4. The van der Waals surface area contributed by atoms with Gasteiger partial charge < -0.3 is 29.8 Å². The highest BCUT2D eigenvalue weighted by Gasteiger charge is 2.52. The maximum atomic E-state index is 14.5. The first-order chi connectivity index (χ1) is 22.3. The molecule has 1 saturated carbocycles. The largest absolute Gasteiger partial charge is 0.478 e. The lowest BCUT2D eigenvalue weighted by molar-refractivity contribution is -0.120. The molecule has 3 amide bonds. The summed E-state index contributed by atoms with van der Waals surface area (Å²) in [6.07, 6.45) is 5.26. The Kier molecular flexibility index (Phi) is 8.99. The molecule has 238 valence electrons. The van der Waals surface area contributed by atoms with Crippen LogP contribution >= 0.6 is 0 Å². The Bertz CT molecular complexity index is 1780. The van der Waals surface area contributed by atoms with Crippen LogP contribution in [0, 0.1) is 11.7 Å². The van der Waals surface area contributed by atoms with E-state index in [9.17, 15) is 23.9 Å². The number of amides is 3. The van der Waals surface area contributed by atoms with Crippen molar-refractivity contribution in [3.05, 3.63) is 89.8 Å². The quantitative estimate of drug-likeness (QED) is 0.205. The van der Waals surface area contributed by atoms with Crippen molar-refractivity contribution in [3.8, 4) is 0 Å². The number of carbonyl (C=O) groups excluding carboxylic acids is 2. The van der Waals surface area contributed by atoms with Gasteiger partial charge in [-0.1, -0.05) is 42.5 Å². The minimum atomic E-state index is -1.31. The van der Waals surface area contributed by atoms with Crippen LogP contribution < -0.4 is 16.0 Å². The lowest BCUT2D eigenvalue weighted by Crippen LogP contribution is -2.36.